The summed E-state index contributed by atoms with van der Waals surface area (Å²) in [6.45, 7) is 2.73. The van der Waals surface area contributed by atoms with Crippen molar-refractivity contribution in [3.63, 3.8) is 0 Å². The average Bonchev–Trinajstić information content (AvgIpc) is 2.37. The lowest BCUT2D eigenvalue weighted by Gasteiger charge is -2.18. The first kappa shape index (κ1) is 14.3. The van der Waals surface area contributed by atoms with E-state index in [2.05, 4.69) is 10.3 Å². The first-order chi connectivity index (χ1) is 9.47. The minimum Gasteiger partial charge on any atom is -0.398 e. The lowest BCUT2D eigenvalue weighted by atomic mass is 10.1. The lowest BCUT2D eigenvalue weighted by Crippen LogP contribution is -2.39. The Hall–Kier alpha value is -2.14. The van der Waals surface area contributed by atoms with Crippen LogP contribution in [0.15, 0.2) is 30.3 Å². The number of carbonyl (C=O) groups is 1. The van der Waals surface area contributed by atoms with Gasteiger partial charge < -0.3 is 16.0 Å². The zero-order valence-electron chi connectivity index (χ0n) is 12.1. The molecule has 0 bridgehead atoms. The SMILES string of the molecule is CC(CN(C)C)NC(=O)c1cc(N)c2ccccc2n1. The van der Waals surface area contributed by atoms with Crippen LogP contribution in [0.1, 0.15) is 17.4 Å². The number of pyridine rings is 1. The molecule has 1 heterocycles. The van der Waals surface area contributed by atoms with Crippen molar-refractivity contribution in [2.75, 3.05) is 26.4 Å². The van der Waals surface area contributed by atoms with E-state index in [1.807, 2.05) is 50.2 Å². The van der Waals surface area contributed by atoms with E-state index in [0.29, 0.717) is 11.4 Å². The molecule has 106 valence electrons. The van der Waals surface area contributed by atoms with Gasteiger partial charge in [-0.3, -0.25) is 4.79 Å². The summed E-state index contributed by atoms with van der Waals surface area (Å²) >= 11 is 0. The van der Waals surface area contributed by atoms with Crippen molar-refractivity contribution < 1.29 is 4.79 Å². The summed E-state index contributed by atoms with van der Waals surface area (Å²) in [6, 6.07) is 9.21. The molecule has 0 spiro atoms. The number of nitrogens with one attached hydrogen (secondary N) is 1. The van der Waals surface area contributed by atoms with Crippen molar-refractivity contribution >= 4 is 22.5 Å². The first-order valence-electron chi connectivity index (χ1n) is 6.58. The van der Waals surface area contributed by atoms with Gasteiger partial charge in [0.25, 0.3) is 5.91 Å². The molecule has 3 N–H and O–H groups in total. The molecule has 0 radical (unpaired) electrons. The van der Waals surface area contributed by atoms with Gasteiger partial charge in [-0.1, -0.05) is 18.2 Å². The van der Waals surface area contributed by atoms with E-state index in [1.54, 1.807) is 6.07 Å². The molecule has 2 aromatic rings. The number of amides is 1. The van der Waals surface area contributed by atoms with Crippen LogP contribution in [0.2, 0.25) is 0 Å². The number of carbonyl (C=O) groups excluding carboxylic acids is 1. The second-order valence-electron chi connectivity index (χ2n) is 5.25. The van der Waals surface area contributed by atoms with Gasteiger partial charge in [0.2, 0.25) is 0 Å². The summed E-state index contributed by atoms with van der Waals surface area (Å²) in [5.41, 5.74) is 7.64. The Bertz CT molecular complexity index is 624. The molecular formula is C15H20N4O. The summed E-state index contributed by atoms with van der Waals surface area (Å²) in [6.07, 6.45) is 0. The summed E-state index contributed by atoms with van der Waals surface area (Å²) in [5, 5.41) is 3.79. The lowest BCUT2D eigenvalue weighted by molar-refractivity contribution is 0.0929. The molecule has 0 aliphatic carbocycles. The van der Waals surface area contributed by atoms with E-state index < -0.39 is 0 Å². The van der Waals surface area contributed by atoms with Crippen LogP contribution in [0.4, 0.5) is 5.69 Å². The number of nitrogens with two attached hydrogens (primary N) is 1. The van der Waals surface area contributed by atoms with E-state index in [9.17, 15) is 4.79 Å². The Morgan fingerprint density at radius 2 is 2.10 bits per heavy atom. The van der Waals surface area contributed by atoms with Gasteiger partial charge >= 0.3 is 0 Å². The summed E-state index contributed by atoms with van der Waals surface area (Å²) < 4.78 is 0. The molecular weight excluding hydrogens is 252 g/mol. The van der Waals surface area contributed by atoms with Crippen molar-refractivity contribution in [1.82, 2.24) is 15.2 Å². The number of likely N-dealkylation sites (N-methyl/N-ethyl adjacent to an activating group) is 1. The van der Waals surface area contributed by atoms with Crippen molar-refractivity contribution in [1.29, 1.82) is 0 Å². The zero-order valence-corrected chi connectivity index (χ0v) is 12.1. The Morgan fingerprint density at radius 3 is 2.80 bits per heavy atom. The number of rotatable bonds is 4. The van der Waals surface area contributed by atoms with Gasteiger partial charge in [-0.25, -0.2) is 4.98 Å². The number of nitrogens with zero attached hydrogens (tertiary/aromatic N) is 2. The Balaban J connectivity index is 2.22. The quantitative estimate of drug-likeness (QED) is 0.884. The fourth-order valence-corrected chi connectivity index (χ4v) is 2.21. The number of hydrogen-bond acceptors (Lipinski definition) is 4. The molecule has 0 aliphatic rings. The fourth-order valence-electron chi connectivity index (χ4n) is 2.21. The van der Waals surface area contributed by atoms with Crippen molar-refractivity contribution in [2.45, 2.75) is 13.0 Å². The predicted molar refractivity (Wildman–Crippen MR) is 81.6 cm³/mol. The van der Waals surface area contributed by atoms with Crippen molar-refractivity contribution in [3.8, 4) is 0 Å². The molecule has 1 amide bonds. The molecule has 1 aromatic carbocycles. The van der Waals surface area contributed by atoms with Crippen LogP contribution in [0.25, 0.3) is 10.9 Å². The van der Waals surface area contributed by atoms with Crippen LogP contribution in [0.5, 0.6) is 0 Å². The van der Waals surface area contributed by atoms with Gasteiger partial charge in [0.1, 0.15) is 5.69 Å². The Labute approximate surface area is 118 Å². The Kier molecular flexibility index (Phi) is 4.20. The number of fused-ring (bicyclic) bond motifs is 1. The van der Waals surface area contributed by atoms with E-state index in [4.69, 9.17) is 5.73 Å². The second-order valence-corrected chi connectivity index (χ2v) is 5.25. The number of aromatic nitrogens is 1. The highest BCUT2D eigenvalue weighted by Crippen LogP contribution is 2.19. The minimum absolute atomic E-state index is 0.0481. The smallest absolute Gasteiger partial charge is 0.270 e. The number of hydrogen-bond donors (Lipinski definition) is 2. The largest absolute Gasteiger partial charge is 0.398 e. The first-order valence-corrected chi connectivity index (χ1v) is 6.58. The van der Waals surface area contributed by atoms with Gasteiger partial charge in [-0.15, -0.1) is 0 Å². The molecule has 0 aliphatic heterocycles. The summed E-state index contributed by atoms with van der Waals surface area (Å²) in [7, 11) is 3.93. The maximum atomic E-state index is 12.2. The maximum absolute atomic E-state index is 12.2. The third-order valence-electron chi connectivity index (χ3n) is 3.00. The number of benzene rings is 1. The van der Waals surface area contributed by atoms with Crippen LogP contribution in [-0.2, 0) is 0 Å². The summed E-state index contributed by atoms with van der Waals surface area (Å²) in [5.74, 6) is -0.197. The molecule has 1 atom stereocenters. The highest BCUT2D eigenvalue weighted by Gasteiger charge is 2.13. The Morgan fingerprint density at radius 1 is 1.40 bits per heavy atom. The third kappa shape index (κ3) is 3.24. The van der Waals surface area contributed by atoms with Gasteiger partial charge in [0.05, 0.1) is 5.52 Å². The van der Waals surface area contributed by atoms with Gasteiger partial charge in [0.15, 0.2) is 0 Å². The zero-order chi connectivity index (χ0) is 14.7. The average molecular weight is 272 g/mol. The van der Waals surface area contributed by atoms with Crippen molar-refractivity contribution in [3.05, 3.63) is 36.0 Å². The van der Waals surface area contributed by atoms with Crippen molar-refractivity contribution in [2.24, 2.45) is 0 Å². The van der Waals surface area contributed by atoms with Crippen LogP contribution in [-0.4, -0.2) is 42.5 Å². The van der Waals surface area contributed by atoms with Gasteiger partial charge in [0, 0.05) is 23.7 Å². The maximum Gasteiger partial charge on any atom is 0.270 e. The van der Waals surface area contributed by atoms with Crippen LogP contribution in [0, 0.1) is 0 Å². The van der Waals surface area contributed by atoms with Crippen LogP contribution >= 0.6 is 0 Å². The molecule has 1 aromatic heterocycles. The second kappa shape index (κ2) is 5.88. The molecule has 0 saturated carbocycles. The molecule has 1 unspecified atom stereocenters. The van der Waals surface area contributed by atoms with Gasteiger partial charge in [-0.2, -0.15) is 0 Å². The van der Waals surface area contributed by atoms with Crippen LogP contribution in [0.3, 0.4) is 0 Å². The standard InChI is InChI=1S/C15H20N4O/c1-10(9-19(2)3)17-15(20)14-8-12(16)11-6-4-5-7-13(11)18-14/h4-8,10H,9H2,1-3H3,(H2,16,18)(H,17,20). The fraction of sp³-hybridized carbons (Fsp3) is 0.333. The van der Waals surface area contributed by atoms with E-state index in [-0.39, 0.29) is 11.9 Å². The molecule has 0 saturated heterocycles. The molecule has 2 rings (SSSR count). The van der Waals surface area contributed by atoms with Crippen LogP contribution < -0.4 is 11.1 Å². The minimum atomic E-state index is -0.197. The number of anilines is 1. The monoisotopic (exact) mass is 272 g/mol. The van der Waals surface area contributed by atoms with E-state index in [0.717, 1.165) is 17.4 Å². The molecule has 0 fully saturated rings. The molecule has 5 heteroatoms. The molecule has 5 nitrogen and oxygen atoms in total. The van der Waals surface area contributed by atoms with E-state index in [1.165, 1.54) is 0 Å². The predicted octanol–water partition coefficient (Wildman–Crippen LogP) is 1.50. The number of para-hydroxylation sites is 1. The highest BCUT2D eigenvalue weighted by atomic mass is 16.1. The van der Waals surface area contributed by atoms with Gasteiger partial charge in [-0.05, 0) is 33.2 Å². The molecule has 20 heavy (non-hydrogen) atoms. The normalized spacial score (nSPS) is 12.6. The topological polar surface area (TPSA) is 71.2 Å². The third-order valence-corrected chi connectivity index (χ3v) is 3.00. The number of nitrogen functional groups attached to an aromatic ring is 1. The summed E-state index contributed by atoms with van der Waals surface area (Å²) in [4.78, 5) is 18.6. The van der Waals surface area contributed by atoms with E-state index >= 15 is 0 Å². The highest BCUT2D eigenvalue weighted by molar-refractivity contribution is 5.99.